The normalized spacial score (nSPS) is 12.2. The number of aromatic nitrogens is 2. The maximum absolute atomic E-state index is 13.6. The van der Waals surface area contributed by atoms with Crippen LogP contribution in [-0.2, 0) is 21.9 Å². The van der Waals surface area contributed by atoms with Crippen LogP contribution in [0.15, 0.2) is 52.4 Å². The minimum atomic E-state index is -5.06. The molecule has 0 bridgehead atoms. The van der Waals surface area contributed by atoms with E-state index in [0.29, 0.717) is 16.3 Å². The van der Waals surface area contributed by atoms with E-state index in [0.717, 1.165) is 7.11 Å². The maximum atomic E-state index is 13.6. The Labute approximate surface area is 174 Å². The highest BCUT2D eigenvalue weighted by Crippen LogP contribution is 2.38. The predicted octanol–water partition coefficient (Wildman–Crippen LogP) is 4.69. The molecule has 0 amide bonds. The van der Waals surface area contributed by atoms with Crippen molar-refractivity contribution in [3.8, 4) is 5.69 Å². The number of hydrogen-bond acceptors (Lipinski definition) is 5. The molecule has 5 nitrogen and oxygen atoms in total. The number of benzene rings is 2. The third-order valence-corrected chi connectivity index (χ3v) is 5.08. The van der Waals surface area contributed by atoms with E-state index in [1.807, 2.05) is 0 Å². The van der Waals surface area contributed by atoms with Crippen molar-refractivity contribution >= 4 is 28.6 Å². The number of carbonyl (C=O) groups is 1. The SMILES string of the molecule is COC(=O)CSc1nc2ccccc2c(=O)n1-c1cc(C(F)(F)F)ccc1C(F)(F)F. The van der Waals surface area contributed by atoms with Crippen LogP contribution >= 0.6 is 11.8 Å². The fourth-order valence-corrected chi connectivity index (χ4v) is 3.57. The summed E-state index contributed by atoms with van der Waals surface area (Å²) in [6.45, 7) is 0. The molecule has 0 atom stereocenters. The Morgan fingerprint density at radius 2 is 1.74 bits per heavy atom. The first kappa shape index (κ1) is 22.7. The molecule has 0 radical (unpaired) electrons. The van der Waals surface area contributed by atoms with Crippen LogP contribution in [0.3, 0.4) is 0 Å². The minimum absolute atomic E-state index is 0.101. The number of carbonyl (C=O) groups excluding carboxylic acids is 1. The summed E-state index contributed by atoms with van der Waals surface area (Å²) in [4.78, 5) is 28.7. The van der Waals surface area contributed by atoms with Crippen molar-refractivity contribution in [1.29, 1.82) is 0 Å². The molecule has 12 heteroatoms. The van der Waals surface area contributed by atoms with E-state index in [9.17, 15) is 35.9 Å². The molecule has 31 heavy (non-hydrogen) atoms. The third-order valence-electron chi connectivity index (χ3n) is 4.16. The molecular formula is C19H12F6N2O3S. The predicted molar refractivity (Wildman–Crippen MR) is 100 cm³/mol. The fourth-order valence-electron chi connectivity index (χ4n) is 2.74. The van der Waals surface area contributed by atoms with Crippen molar-refractivity contribution in [3.05, 3.63) is 63.9 Å². The fraction of sp³-hybridized carbons (Fsp3) is 0.211. The first-order valence-electron chi connectivity index (χ1n) is 8.43. The third kappa shape index (κ3) is 4.68. The number of fused-ring (bicyclic) bond motifs is 1. The second-order valence-electron chi connectivity index (χ2n) is 6.14. The van der Waals surface area contributed by atoms with Crippen LogP contribution < -0.4 is 5.56 Å². The zero-order valence-electron chi connectivity index (χ0n) is 15.5. The molecule has 0 unspecified atom stereocenters. The van der Waals surface area contributed by atoms with Gasteiger partial charge in [-0.3, -0.25) is 14.2 Å². The van der Waals surface area contributed by atoms with Gasteiger partial charge in [-0.2, -0.15) is 26.3 Å². The van der Waals surface area contributed by atoms with Crippen molar-refractivity contribution in [2.45, 2.75) is 17.5 Å². The molecule has 0 spiro atoms. The lowest BCUT2D eigenvalue weighted by atomic mass is 10.1. The second kappa shape index (κ2) is 8.25. The van der Waals surface area contributed by atoms with Gasteiger partial charge in [0.2, 0.25) is 0 Å². The number of hydrogen-bond donors (Lipinski definition) is 0. The standard InChI is InChI=1S/C19H12F6N2O3S/c1-30-15(28)9-31-17-26-13-5-3-2-4-11(13)16(29)27(17)14-8-10(18(20,21)22)6-7-12(14)19(23,24)25/h2-8H,9H2,1H3. The molecule has 0 fully saturated rings. The average molecular weight is 462 g/mol. The van der Waals surface area contributed by atoms with Crippen molar-refractivity contribution in [2.24, 2.45) is 0 Å². The Kier molecular flexibility index (Phi) is 6.03. The number of ether oxygens (including phenoxy) is 1. The highest BCUT2D eigenvalue weighted by molar-refractivity contribution is 7.99. The summed E-state index contributed by atoms with van der Waals surface area (Å²) in [5.41, 5.74) is -4.78. The van der Waals surface area contributed by atoms with E-state index in [4.69, 9.17) is 0 Å². The first-order valence-corrected chi connectivity index (χ1v) is 9.42. The van der Waals surface area contributed by atoms with E-state index in [1.54, 1.807) is 0 Å². The van der Waals surface area contributed by atoms with E-state index in [1.165, 1.54) is 24.3 Å². The topological polar surface area (TPSA) is 61.2 Å². The molecule has 1 aromatic heterocycles. The van der Waals surface area contributed by atoms with Crippen LogP contribution in [0.1, 0.15) is 11.1 Å². The van der Waals surface area contributed by atoms with Gasteiger partial charge >= 0.3 is 18.3 Å². The van der Waals surface area contributed by atoms with Gasteiger partial charge in [-0.05, 0) is 30.3 Å². The Balaban J connectivity index is 2.38. The van der Waals surface area contributed by atoms with Gasteiger partial charge in [-0.15, -0.1) is 0 Å². The number of thioether (sulfide) groups is 1. The van der Waals surface area contributed by atoms with E-state index < -0.39 is 46.4 Å². The molecule has 2 aromatic carbocycles. The lowest BCUT2D eigenvalue weighted by Gasteiger charge is -2.19. The van der Waals surface area contributed by atoms with Crippen LogP contribution in [0, 0.1) is 0 Å². The quantitative estimate of drug-likeness (QED) is 0.244. The van der Waals surface area contributed by atoms with Crippen molar-refractivity contribution in [1.82, 2.24) is 9.55 Å². The van der Waals surface area contributed by atoms with Gasteiger partial charge in [0.05, 0.1) is 40.6 Å². The molecule has 164 valence electrons. The summed E-state index contributed by atoms with van der Waals surface area (Å²) in [5.74, 6) is -1.19. The molecule has 1 heterocycles. The summed E-state index contributed by atoms with van der Waals surface area (Å²) in [6, 6.07) is 6.45. The zero-order chi connectivity index (χ0) is 23.0. The van der Waals surface area contributed by atoms with Crippen LogP contribution in [0.2, 0.25) is 0 Å². The van der Waals surface area contributed by atoms with Crippen LogP contribution in [0.5, 0.6) is 0 Å². The van der Waals surface area contributed by atoms with Gasteiger partial charge in [0.25, 0.3) is 5.56 Å². The molecule has 3 aromatic rings. The van der Waals surface area contributed by atoms with Crippen LogP contribution in [0.4, 0.5) is 26.3 Å². The van der Waals surface area contributed by atoms with E-state index in [-0.39, 0.29) is 34.3 Å². The summed E-state index contributed by atoms with van der Waals surface area (Å²) < 4.78 is 85.4. The first-order chi connectivity index (χ1) is 14.4. The van der Waals surface area contributed by atoms with E-state index >= 15 is 0 Å². The van der Waals surface area contributed by atoms with Crippen molar-refractivity contribution in [3.63, 3.8) is 0 Å². The molecule has 0 aliphatic heterocycles. The smallest absolute Gasteiger partial charge is 0.418 e. The van der Waals surface area contributed by atoms with Crippen LogP contribution in [0.25, 0.3) is 16.6 Å². The summed E-state index contributed by atoms with van der Waals surface area (Å²) >= 11 is 0.565. The van der Waals surface area contributed by atoms with Gasteiger partial charge < -0.3 is 4.74 Å². The number of rotatable bonds is 4. The van der Waals surface area contributed by atoms with Gasteiger partial charge in [0.1, 0.15) is 0 Å². The highest BCUT2D eigenvalue weighted by atomic mass is 32.2. The molecular weight excluding hydrogens is 450 g/mol. The maximum Gasteiger partial charge on any atom is 0.418 e. The minimum Gasteiger partial charge on any atom is -0.468 e. The molecule has 0 saturated carbocycles. The van der Waals surface area contributed by atoms with Gasteiger partial charge in [-0.25, -0.2) is 4.98 Å². The number of halogens is 6. The molecule has 0 saturated heterocycles. The zero-order valence-corrected chi connectivity index (χ0v) is 16.4. The molecule has 3 rings (SSSR count). The Morgan fingerprint density at radius 1 is 1.06 bits per heavy atom. The molecule has 0 aliphatic rings. The van der Waals surface area contributed by atoms with Crippen molar-refractivity contribution < 1.29 is 35.9 Å². The van der Waals surface area contributed by atoms with Crippen molar-refractivity contribution in [2.75, 3.05) is 12.9 Å². The largest absolute Gasteiger partial charge is 0.468 e. The van der Waals surface area contributed by atoms with Crippen LogP contribution in [-0.4, -0.2) is 28.4 Å². The number of methoxy groups -OCH3 is 1. The Hall–Kier alpha value is -3.02. The Bertz CT molecular complexity index is 1200. The summed E-state index contributed by atoms with van der Waals surface area (Å²) in [5, 5.41) is -0.491. The molecule has 0 aliphatic carbocycles. The number of para-hydroxylation sites is 1. The number of esters is 1. The second-order valence-corrected chi connectivity index (χ2v) is 7.09. The monoisotopic (exact) mass is 462 g/mol. The Morgan fingerprint density at radius 3 is 2.35 bits per heavy atom. The van der Waals surface area contributed by atoms with Gasteiger partial charge in [0.15, 0.2) is 5.16 Å². The lowest BCUT2D eigenvalue weighted by Crippen LogP contribution is -2.25. The van der Waals surface area contributed by atoms with E-state index in [2.05, 4.69) is 9.72 Å². The summed E-state index contributed by atoms with van der Waals surface area (Å²) in [7, 11) is 1.08. The lowest BCUT2D eigenvalue weighted by molar-refractivity contribution is -0.141. The number of nitrogens with zero attached hydrogens (tertiary/aromatic N) is 2. The highest BCUT2D eigenvalue weighted by Gasteiger charge is 2.38. The average Bonchev–Trinajstić information content (AvgIpc) is 2.70. The van der Waals surface area contributed by atoms with Gasteiger partial charge in [-0.1, -0.05) is 23.9 Å². The number of alkyl halides is 6. The molecule has 0 N–H and O–H groups in total. The summed E-state index contributed by atoms with van der Waals surface area (Å²) in [6.07, 6.45) is -10.0. The van der Waals surface area contributed by atoms with Gasteiger partial charge in [0, 0.05) is 0 Å².